The summed E-state index contributed by atoms with van der Waals surface area (Å²) in [5.41, 5.74) is 4.63. The topological polar surface area (TPSA) is 92.4 Å². The zero-order valence-corrected chi connectivity index (χ0v) is 9.12. The minimum Gasteiger partial charge on any atom is -0.480 e. The van der Waals surface area contributed by atoms with Crippen molar-refractivity contribution in [2.24, 2.45) is 11.7 Å². The highest BCUT2D eigenvalue weighted by Crippen LogP contribution is 2.35. The summed E-state index contributed by atoms with van der Waals surface area (Å²) in [6.07, 6.45) is 1.58. The van der Waals surface area contributed by atoms with Gasteiger partial charge >= 0.3 is 5.97 Å². The molecule has 1 fully saturated rings. The summed E-state index contributed by atoms with van der Waals surface area (Å²) in [4.78, 5) is 22.3. The second-order valence-electron chi connectivity index (χ2n) is 4.61. The maximum atomic E-state index is 11.5. The molecule has 1 saturated carbocycles. The normalized spacial score (nSPS) is 19.7. The van der Waals surface area contributed by atoms with Crippen LogP contribution in [0.5, 0.6) is 0 Å². The van der Waals surface area contributed by atoms with Crippen molar-refractivity contribution < 1.29 is 14.7 Å². The molecule has 1 aliphatic carbocycles. The molecular formula is C10H18N2O3. The number of aliphatic carboxylic acids is 1. The predicted octanol–water partition coefficient (Wildman–Crippen LogP) is 0.0932. The van der Waals surface area contributed by atoms with E-state index < -0.39 is 17.6 Å². The van der Waals surface area contributed by atoms with Crippen molar-refractivity contribution >= 4 is 11.9 Å². The van der Waals surface area contributed by atoms with Gasteiger partial charge in [-0.15, -0.1) is 0 Å². The summed E-state index contributed by atoms with van der Waals surface area (Å²) in [7, 11) is 0. The molecule has 4 N–H and O–H groups in total. The summed E-state index contributed by atoms with van der Waals surface area (Å²) in [6.45, 7) is 3.94. The number of hydrogen-bond donors (Lipinski definition) is 3. The van der Waals surface area contributed by atoms with Gasteiger partial charge < -0.3 is 16.2 Å². The van der Waals surface area contributed by atoms with Crippen molar-refractivity contribution in [1.82, 2.24) is 5.32 Å². The Morgan fingerprint density at radius 1 is 1.47 bits per heavy atom. The Morgan fingerprint density at radius 3 is 2.33 bits per heavy atom. The molecule has 15 heavy (non-hydrogen) atoms. The van der Waals surface area contributed by atoms with Crippen LogP contribution in [0.2, 0.25) is 0 Å². The molecule has 5 heteroatoms. The van der Waals surface area contributed by atoms with Gasteiger partial charge in [-0.2, -0.15) is 0 Å². The quantitative estimate of drug-likeness (QED) is 0.605. The summed E-state index contributed by atoms with van der Waals surface area (Å²) < 4.78 is 0. The second kappa shape index (κ2) is 4.18. The number of carboxylic acid groups (broad SMARTS) is 1. The molecule has 1 aliphatic rings. The molecule has 0 aliphatic heterocycles. The maximum absolute atomic E-state index is 11.5. The van der Waals surface area contributed by atoms with E-state index in [1.165, 1.54) is 0 Å². The fourth-order valence-electron chi connectivity index (χ4n) is 1.46. The molecule has 1 atom stereocenters. The van der Waals surface area contributed by atoms with E-state index in [2.05, 4.69) is 5.32 Å². The monoisotopic (exact) mass is 214 g/mol. The molecule has 0 saturated heterocycles. The average molecular weight is 214 g/mol. The van der Waals surface area contributed by atoms with Gasteiger partial charge in [-0.25, -0.2) is 4.79 Å². The maximum Gasteiger partial charge on any atom is 0.329 e. The third-order valence-electron chi connectivity index (χ3n) is 2.58. The number of amides is 1. The number of carbonyl (C=O) groups is 2. The lowest BCUT2D eigenvalue weighted by molar-refractivity contribution is -0.143. The van der Waals surface area contributed by atoms with E-state index in [0.29, 0.717) is 25.2 Å². The molecule has 0 heterocycles. The zero-order chi connectivity index (χ0) is 11.6. The number of carboxylic acids is 1. The van der Waals surface area contributed by atoms with Crippen LogP contribution in [0.1, 0.15) is 33.1 Å². The second-order valence-corrected chi connectivity index (χ2v) is 4.61. The number of rotatable bonds is 5. The first kappa shape index (κ1) is 12.0. The lowest BCUT2D eigenvalue weighted by Gasteiger charge is -2.17. The van der Waals surface area contributed by atoms with Crippen molar-refractivity contribution in [3.05, 3.63) is 0 Å². The largest absolute Gasteiger partial charge is 0.480 e. The van der Waals surface area contributed by atoms with Crippen LogP contribution in [-0.2, 0) is 9.59 Å². The minimum absolute atomic E-state index is 0.325. The Kier molecular flexibility index (Phi) is 3.34. The highest BCUT2D eigenvalue weighted by molar-refractivity contribution is 5.91. The summed E-state index contributed by atoms with van der Waals surface area (Å²) >= 11 is 0. The predicted molar refractivity (Wildman–Crippen MR) is 55.2 cm³/mol. The van der Waals surface area contributed by atoms with Crippen LogP contribution >= 0.6 is 0 Å². The Bertz CT molecular complexity index is 272. The number of hydrogen-bond acceptors (Lipinski definition) is 3. The molecule has 0 spiro atoms. The fraction of sp³-hybridized carbons (Fsp3) is 0.800. The first-order valence-corrected chi connectivity index (χ1v) is 5.18. The van der Waals surface area contributed by atoms with Gasteiger partial charge in [-0.3, -0.25) is 4.79 Å². The minimum atomic E-state index is -1.02. The molecular weight excluding hydrogens is 196 g/mol. The van der Waals surface area contributed by atoms with Crippen LogP contribution in [0.3, 0.4) is 0 Å². The summed E-state index contributed by atoms with van der Waals surface area (Å²) in [5, 5.41) is 11.4. The van der Waals surface area contributed by atoms with E-state index in [1.54, 1.807) is 0 Å². The highest BCUT2D eigenvalue weighted by atomic mass is 16.4. The third-order valence-corrected chi connectivity index (χ3v) is 2.58. The van der Waals surface area contributed by atoms with Gasteiger partial charge in [0.1, 0.15) is 5.54 Å². The van der Waals surface area contributed by atoms with Crippen molar-refractivity contribution in [3.8, 4) is 0 Å². The smallest absolute Gasteiger partial charge is 0.329 e. The van der Waals surface area contributed by atoms with Crippen LogP contribution in [-0.4, -0.2) is 28.6 Å². The lowest BCUT2D eigenvalue weighted by atomic mass is 10.0. The van der Waals surface area contributed by atoms with Gasteiger partial charge in [0.05, 0.1) is 6.04 Å². The standard InChI is InChI=1S/C10H18N2O3/c1-6(2)5-7(11)8(13)12-10(3-4-10)9(14)15/h6-7H,3-5,11H2,1-2H3,(H,12,13)(H,14,15)/t7-/m1/s1. The molecule has 5 nitrogen and oxygen atoms in total. The molecule has 86 valence electrons. The molecule has 0 bridgehead atoms. The van der Waals surface area contributed by atoms with Gasteiger partial charge in [0, 0.05) is 0 Å². The number of nitrogens with two attached hydrogens (primary N) is 1. The molecule has 1 amide bonds. The first-order chi connectivity index (χ1) is 6.87. The number of nitrogens with one attached hydrogen (secondary N) is 1. The van der Waals surface area contributed by atoms with Crippen LogP contribution in [0.4, 0.5) is 0 Å². The first-order valence-electron chi connectivity index (χ1n) is 5.18. The Morgan fingerprint density at radius 2 is 2.00 bits per heavy atom. The van der Waals surface area contributed by atoms with Crippen molar-refractivity contribution in [2.45, 2.75) is 44.7 Å². The third kappa shape index (κ3) is 2.92. The van der Waals surface area contributed by atoms with Crippen LogP contribution < -0.4 is 11.1 Å². The lowest BCUT2D eigenvalue weighted by Crippen LogP contribution is -2.50. The van der Waals surface area contributed by atoms with Gasteiger partial charge in [-0.05, 0) is 25.2 Å². The van der Waals surface area contributed by atoms with Gasteiger partial charge in [0.15, 0.2) is 0 Å². The van der Waals surface area contributed by atoms with Crippen molar-refractivity contribution in [3.63, 3.8) is 0 Å². The van der Waals surface area contributed by atoms with Gasteiger partial charge in [-0.1, -0.05) is 13.8 Å². The Hall–Kier alpha value is -1.10. The van der Waals surface area contributed by atoms with Crippen molar-refractivity contribution in [2.75, 3.05) is 0 Å². The van der Waals surface area contributed by atoms with Crippen molar-refractivity contribution in [1.29, 1.82) is 0 Å². The van der Waals surface area contributed by atoms with Crippen LogP contribution in [0, 0.1) is 5.92 Å². The van der Waals surface area contributed by atoms with E-state index in [4.69, 9.17) is 10.8 Å². The average Bonchev–Trinajstić information content (AvgIpc) is 2.84. The Labute approximate surface area is 89.0 Å². The van der Waals surface area contributed by atoms with Crippen LogP contribution in [0.15, 0.2) is 0 Å². The van der Waals surface area contributed by atoms with E-state index in [1.807, 2.05) is 13.8 Å². The number of carbonyl (C=O) groups excluding carboxylic acids is 1. The van der Waals surface area contributed by atoms with E-state index >= 15 is 0 Å². The molecule has 1 rings (SSSR count). The van der Waals surface area contributed by atoms with E-state index in [0.717, 1.165) is 0 Å². The van der Waals surface area contributed by atoms with Gasteiger partial charge in [0.2, 0.25) is 5.91 Å². The molecule has 0 aromatic rings. The Balaban J connectivity index is 2.45. The van der Waals surface area contributed by atoms with Crippen LogP contribution in [0.25, 0.3) is 0 Å². The zero-order valence-electron chi connectivity index (χ0n) is 9.12. The molecule has 0 unspecified atom stereocenters. The van der Waals surface area contributed by atoms with Gasteiger partial charge in [0.25, 0.3) is 0 Å². The van der Waals surface area contributed by atoms with E-state index in [9.17, 15) is 9.59 Å². The highest BCUT2D eigenvalue weighted by Gasteiger charge is 2.52. The SMILES string of the molecule is CC(C)C[C@@H](N)C(=O)NC1(C(=O)O)CC1. The fourth-order valence-corrected chi connectivity index (χ4v) is 1.46. The molecule has 0 aromatic carbocycles. The molecule has 0 radical (unpaired) electrons. The molecule has 0 aromatic heterocycles. The van der Waals surface area contributed by atoms with E-state index in [-0.39, 0.29) is 5.91 Å². The summed E-state index contributed by atoms with van der Waals surface area (Å²) in [5.74, 6) is -0.998. The summed E-state index contributed by atoms with van der Waals surface area (Å²) in [6, 6.07) is -0.609.